The number of aliphatic hydroxyl groups excluding tert-OH is 1. The Morgan fingerprint density at radius 3 is 2.54 bits per heavy atom. The highest BCUT2D eigenvalue weighted by molar-refractivity contribution is 6.07. The van der Waals surface area contributed by atoms with Crippen molar-refractivity contribution < 1.29 is 24.2 Å². The van der Waals surface area contributed by atoms with Gasteiger partial charge in [-0.1, -0.05) is 29.8 Å². The zero-order valence-electron chi connectivity index (χ0n) is 16.1. The number of aryl methyl sites for hydroxylation is 1. The first kappa shape index (κ1) is 19.7. The summed E-state index contributed by atoms with van der Waals surface area (Å²) in [7, 11) is 1.53. The Hall–Kier alpha value is -3.06. The van der Waals surface area contributed by atoms with E-state index in [-0.39, 0.29) is 13.2 Å². The molecule has 2 aromatic rings. The van der Waals surface area contributed by atoms with Gasteiger partial charge in [0.05, 0.1) is 13.7 Å². The van der Waals surface area contributed by atoms with E-state index >= 15 is 0 Å². The lowest BCUT2D eigenvalue weighted by Crippen LogP contribution is -2.42. The minimum atomic E-state index is -1.22. The molecule has 0 aromatic heterocycles. The first-order valence-electron chi connectivity index (χ1n) is 8.99. The second kappa shape index (κ2) is 7.90. The van der Waals surface area contributed by atoms with E-state index in [0.29, 0.717) is 17.1 Å². The average molecular weight is 384 g/mol. The van der Waals surface area contributed by atoms with Gasteiger partial charge in [0, 0.05) is 0 Å². The van der Waals surface area contributed by atoms with Crippen LogP contribution in [0.1, 0.15) is 18.1 Å². The molecule has 7 heteroatoms. The van der Waals surface area contributed by atoms with Crippen molar-refractivity contribution in [3.8, 4) is 11.5 Å². The van der Waals surface area contributed by atoms with E-state index in [1.807, 2.05) is 19.1 Å². The number of methoxy groups -OCH3 is 1. The molecule has 7 nitrogen and oxygen atoms in total. The maximum Gasteiger partial charge on any atom is 0.325 e. The number of ether oxygens (including phenoxy) is 2. The number of aliphatic hydroxyl groups is 1. The summed E-state index contributed by atoms with van der Waals surface area (Å²) in [6.45, 7) is 3.42. The van der Waals surface area contributed by atoms with Crippen LogP contribution in [0.5, 0.6) is 11.5 Å². The standard InChI is InChI=1S/C21H24N2O5/c1-14-7-9-17(10-8-14)28-13-16(24)12-23-19(25)21(2,22-20(23)26)15-5-4-6-18(11-15)27-3/h4-11,16,24H,12-13H2,1-3H3,(H,22,26)/t16-,21+/m1/s1. The van der Waals surface area contributed by atoms with Crippen LogP contribution < -0.4 is 14.8 Å². The average Bonchev–Trinajstić information content (AvgIpc) is 2.91. The zero-order chi connectivity index (χ0) is 20.3. The summed E-state index contributed by atoms with van der Waals surface area (Å²) >= 11 is 0. The third-order valence-electron chi connectivity index (χ3n) is 4.78. The molecule has 1 fully saturated rings. The summed E-state index contributed by atoms with van der Waals surface area (Å²) in [4.78, 5) is 26.3. The van der Waals surface area contributed by atoms with Crippen LogP contribution in [0.25, 0.3) is 0 Å². The van der Waals surface area contributed by atoms with E-state index < -0.39 is 23.6 Å². The van der Waals surface area contributed by atoms with E-state index in [9.17, 15) is 14.7 Å². The highest BCUT2D eigenvalue weighted by Crippen LogP contribution is 2.31. The van der Waals surface area contributed by atoms with Gasteiger partial charge in [0.15, 0.2) is 0 Å². The summed E-state index contributed by atoms with van der Waals surface area (Å²) in [5, 5.41) is 13.0. The molecule has 28 heavy (non-hydrogen) atoms. The maximum absolute atomic E-state index is 12.9. The Morgan fingerprint density at radius 2 is 1.86 bits per heavy atom. The van der Waals surface area contributed by atoms with Crippen molar-refractivity contribution in [1.29, 1.82) is 0 Å². The quantitative estimate of drug-likeness (QED) is 0.715. The fourth-order valence-corrected chi connectivity index (χ4v) is 3.08. The smallest absolute Gasteiger partial charge is 0.325 e. The van der Waals surface area contributed by atoms with Crippen molar-refractivity contribution in [2.45, 2.75) is 25.5 Å². The van der Waals surface area contributed by atoms with Crippen molar-refractivity contribution in [3.63, 3.8) is 0 Å². The molecule has 1 heterocycles. The largest absolute Gasteiger partial charge is 0.497 e. The summed E-state index contributed by atoms with van der Waals surface area (Å²) < 4.78 is 10.7. The Bertz CT molecular complexity index is 867. The number of amides is 3. The van der Waals surface area contributed by atoms with Crippen molar-refractivity contribution in [2.24, 2.45) is 0 Å². The van der Waals surface area contributed by atoms with Crippen molar-refractivity contribution >= 4 is 11.9 Å². The predicted octanol–water partition coefficient (Wildman–Crippen LogP) is 2.21. The molecule has 0 radical (unpaired) electrons. The van der Waals surface area contributed by atoms with E-state index in [4.69, 9.17) is 9.47 Å². The summed E-state index contributed by atoms with van der Waals surface area (Å²) in [5.74, 6) is 0.772. The first-order chi connectivity index (χ1) is 13.3. The SMILES string of the molecule is COc1cccc([C@]2(C)NC(=O)N(C[C@@H](O)COc3ccc(C)cc3)C2=O)c1. The molecule has 3 amide bonds. The molecule has 0 spiro atoms. The zero-order valence-corrected chi connectivity index (χ0v) is 16.1. The van der Waals surface area contributed by atoms with Gasteiger partial charge in [0.2, 0.25) is 0 Å². The van der Waals surface area contributed by atoms with Gasteiger partial charge in [-0.25, -0.2) is 4.79 Å². The number of nitrogens with one attached hydrogen (secondary N) is 1. The molecule has 2 aromatic carbocycles. The number of urea groups is 1. The van der Waals surface area contributed by atoms with E-state index in [1.54, 1.807) is 43.3 Å². The lowest BCUT2D eigenvalue weighted by molar-refractivity contribution is -0.132. The van der Waals surface area contributed by atoms with Crippen LogP contribution in [0.3, 0.4) is 0 Å². The van der Waals surface area contributed by atoms with Gasteiger partial charge in [-0.2, -0.15) is 0 Å². The third-order valence-corrected chi connectivity index (χ3v) is 4.78. The lowest BCUT2D eigenvalue weighted by atomic mass is 9.92. The van der Waals surface area contributed by atoms with Crippen molar-refractivity contribution in [2.75, 3.05) is 20.3 Å². The molecule has 148 valence electrons. The van der Waals surface area contributed by atoms with Crippen LogP contribution in [0.4, 0.5) is 4.79 Å². The van der Waals surface area contributed by atoms with Gasteiger partial charge in [-0.3, -0.25) is 9.69 Å². The summed E-state index contributed by atoms with van der Waals surface area (Å²) in [6.07, 6.45) is -1.01. The Morgan fingerprint density at radius 1 is 1.14 bits per heavy atom. The topological polar surface area (TPSA) is 88.1 Å². The number of carbonyl (C=O) groups is 2. The van der Waals surface area contributed by atoms with Crippen molar-refractivity contribution in [1.82, 2.24) is 10.2 Å². The number of hydrogen-bond acceptors (Lipinski definition) is 5. The van der Waals surface area contributed by atoms with Crippen LogP contribution in [0.2, 0.25) is 0 Å². The number of rotatable bonds is 7. The molecule has 3 rings (SSSR count). The minimum Gasteiger partial charge on any atom is -0.497 e. The van der Waals surface area contributed by atoms with E-state index in [2.05, 4.69) is 5.32 Å². The van der Waals surface area contributed by atoms with Crippen LogP contribution in [-0.4, -0.2) is 48.3 Å². The molecule has 0 saturated carbocycles. The van der Waals surface area contributed by atoms with Gasteiger partial charge in [0.1, 0.15) is 29.7 Å². The minimum absolute atomic E-state index is 0.0318. The monoisotopic (exact) mass is 384 g/mol. The van der Waals surface area contributed by atoms with Gasteiger partial charge < -0.3 is 19.9 Å². The van der Waals surface area contributed by atoms with E-state index in [0.717, 1.165) is 10.5 Å². The van der Waals surface area contributed by atoms with Gasteiger partial charge in [-0.15, -0.1) is 0 Å². The van der Waals surface area contributed by atoms with Gasteiger partial charge in [-0.05, 0) is 43.7 Å². The Kier molecular flexibility index (Phi) is 5.56. The number of hydrogen-bond donors (Lipinski definition) is 2. The number of benzene rings is 2. The Labute approximate surface area is 163 Å². The number of β-amino-alcohol motifs (C(OH)–C–C–N with tert-alkyl or cyclic N) is 1. The molecule has 2 N–H and O–H groups in total. The highest BCUT2D eigenvalue weighted by atomic mass is 16.5. The summed E-state index contributed by atoms with van der Waals surface area (Å²) in [5.41, 5.74) is 0.491. The molecular weight excluding hydrogens is 360 g/mol. The van der Waals surface area contributed by atoms with Crippen LogP contribution in [0, 0.1) is 6.92 Å². The predicted molar refractivity (Wildman–Crippen MR) is 103 cm³/mol. The molecule has 0 bridgehead atoms. The maximum atomic E-state index is 12.9. The second-order valence-electron chi connectivity index (χ2n) is 6.98. The number of nitrogens with zero attached hydrogens (tertiary/aromatic N) is 1. The van der Waals surface area contributed by atoms with Crippen LogP contribution in [0.15, 0.2) is 48.5 Å². The third kappa shape index (κ3) is 3.94. The summed E-state index contributed by atoms with van der Waals surface area (Å²) in [6, 6.07) is 13.8. The molecule has 0 aliphatic carbocycles. The molecule has 0 unspecified atom stereocenters. The molecule has 1 aliphatic rings. The van der Waals surface area contributed by atoms with Crippen molar-refractivity contribution in [3.05, 3.63) is 59.7 Å². The number of carbonyl (C=O) groups excluding carboxylic acids is 2. The fraction of sp³-hybridized carbons (Fsp3) is 0.333. The molecular formula is C21H24N2O5. The Balaban J connectivity index is 1.66. The molecule has 1 saturated heterocycles. The fourth-order valence-electron chi connectivity index (χ4n) is 3.08. The number of imide groups is 1. The first-order valence-corrected chi connectivity index (χ1v) is 8.99. The normalized spacial score (nSPS) is 20.1. The second-order valence-corrected chi connectivity index (χ2v) is 6.98. The van der Waals surface area contributed by atoms with Crippen LogP contribution >= 0.6 is 0 Å². The van der Waals surface area contributed by atoms with Gasteiger partial charge >= 0.3 is 6.03 Å². The highest BCUT2D eigenvalue weighted by Gasteiger charge is 2.49. The molecule has 2 atom stereocenters. The van der Waals surface area contributed by atoms with Crippen LogP contribution in [-0.2, 0) is 10.3 Å². The van der Waals surface area contributed by atoms with E-state index in [1.165, 1.54) is 7.11 Å². The lowest BCUT2D eigenvalue weighted by Gasteiger charge is -2.23. The molecule has 1 aliphatic heterocycles. The van der Waals surface area contributed by atoms with Gasteiger partial charge in [0.25, 0.3) is 5.91 Å².